The standard InChI is InChI=1S/C9H14N4O3/c1-12(2)5-7(14)11-8-6(9(15)16)4-10-13(8)3/h4H,5H2,1-3H3,(H,11,14)(H,15,16). The van der Waals surface area contributed by atoms with Crippen LogP contribution < -0.4 is 5.32 Å². The van der Waals surface area contributed by atoms with Crippen molar-refractivity contribution in [1.29, 1.82) is 0 Å². The molecule has 0 saturated heterocycles. The highest BCUT2D eigenvalue weighted by atomic mass is 16.4. The van der Waals surface area contributed by atoms with Crippen LogP contribution in [-0.2, 0) is 11.8 Å². The van der Waals surface area contributed by atoms with E-state index >= 15 is 0 Å². The van der Waals surface area contributed by atoms with Gasteiger partial charge in [-0.3, -0.25) is 9.48 Å². The maximum Gasteiger partial charge on any atom is 0.341 e. The predicted molar refractivity (Wildman–Crippen MR) is 57.4 cm³/mol. The van der Waals surface area contributed by atoms with Crippen LogP contribution in [0.15, 0.2) is 6.20 Å². The van der Waals surface area contributed by atoms with E-state index in [1.54, 1.807) is 26.0 Å². The highest BCUT2D eigenvalue weighted by molar-refractivity contribution is 5.99. The minimum absolute atomic E-state index is 0.0189. The number of carboxylic acid groups (broad SMARTS) is 1. The number of hydrogen-bond donors (Lipinski definition) is 2. The number of rotatable bonds is 4. The smallest absolute Gasteiger partial charge is 0.341 e. The molecule has 1 aromatic rings. The quantitative estimate of drug-likeness (QED) is 0.730. The van der Waals surface area contributed by atoms with Gasteiger partial charge in [0.05, 0.1) is 12.7 Å². The van der Waals surface area contributed by atoms with E-state index in [-0.39, 0.29) is 23.8 Å². The fraction of sp³-hybridized carbons (Fsp3) is 0.444. The van der Waals surface area contributed by atoms with Gasteiger partial charge in [-0.1, -0.05) is 0 Å². The Kier molecular flexibility index (Phi) is 3.62. The Hall–Kier alpha value is -1.89. The van der Waals surface area contributed by atoms with Gasteiger partial charge in [0, 0.05) is 7.05 Å². The number of amides is 1. The second-order valence-corrected chi connectivity index (χ2v) is 3.62. The van der Waals surface area contributed by atoms with Gasteiger partial charge in [0.2, 0.25) is 5.91 Å². The summed E-state index contributed by atoms with van der Waals surface area (Å²) >= 11 is 0. The molecule has 0 aliphatic carbocycles. The van der Waals surface area contributed by atoms with Gasteiger partial charge in [-0.15, -0.1) is 0 Å². The Labute approximate surface area is 92.7 Å². The van der Waals surface area contributed by atoms with Crippen LogP contribution in [0, 0.1) is 0 Å². The van der Waals surface area contributed by atoms with Crippen LogP contribution in [0.1, 0.15) is 10.4 Å². The monoisotopic (exact) mass is 226 g/mol. The van der Waals surface area contributed by atoms with Crippen LogP contribution in [0.3, 0.4) is 0 Å². The zero-order valence-electron chi connectivity index (χ0n) is 9.39. The number of carbonyl (C=O) groups excluding carboxylic acids is 1. The van der Waals surface area contributed by atoms with Crippen molar-refractivity contribution in [2.75, 3.05) is 26.0 Å². The zero-order valence-corrected chi connectivity index (χ0v) is 9.39. The molecule has 7 heteroatoms. The molecular formula is C9H14N4O3. The summed E-state index contributed by atoms with van der Waals surface area (Å²) < 4.78 is 1.32. The Balaban J connectivity index is 2.84. The first kappa shape index (κ1) is 12.2. The van der Waals surface area contributed by atoms with E-state index in [4.69, 9.17) is 5.11 Å². The first-order valence-corrected chi connectivity index (χ1v) is 4.61. The van der Waals surface area contributed by atoms with E-state index in [1.165, 1.54) is 10.9 Å². The minimum Gasteiger partial charge on any atom is -0.477 e. The second-order valence-electron chi connectivity index (χ2n) is 3.62. The number of carbonyl (C=O) groups is 2. The molecule has 0 saturated carbocycles. The lowest BCUT2D eigenvalue weighted by atomic mass is 10.3. The van der Waals surface area contributed by atoms with Crippen molar-refractivity contribution in [3.8, 4) is 0 Å². The van der Waals surface area contributed by atoms with Gasteiger partial charge >= 0.3 is 5.97 Å². The van der Waals surface area contributed by atoms with Crippen molar-refractivity contribution in [1.82, 2.24) is 14.7 Å². The summed E-state index contributed by atoms with van der Waals surface area (Å²) in [5, 5.41) is 15.1. The number of aromatic nitrogens is 2. The third-order valence-electron chi connectivity index (χ3n) is 1.89. The van der Waals surface area contributed by atoms with E-state index in [2.05, 4.69) is 10.4 Å². The molecule has 1 rings (SSSR count). The molecular weight excluding hydrogens is 212 g/mol. The average molecular weight is 226 g/mol. The molecule has 0 radical (unpaired) electrons. The Morgan fingerprint density at radius 3 is 2.69 bits per heavy atom. The van der Waals surface area contributed by atoms with Crippen LogP contribution in [0.2, 0.25) is 0 Å². The topological polar surface area (TPSA) is 87.5 Å². The maximum atomic E-state index is 11.5. The Morgan fingerprint density at radius 2 is 2.19 bits per heavy atom. The summed E-state index contributed by atoms with van der Waals surface area (Å²) in [7, 11) is 5.07. The lowest BCUT2D eigenvalue weighted by molar-refractivity contribution is -0.116. The summed E-state index contributed by atoms with van der Waals surface area (Å²) in [6.07, 6.45) is 1.20. The molecule has 2 N–H and O–H groups in total. The molecule has 0 aliphatic heterocycles. The molecule has 1 heterocycles. The Morgan fingerprint density at radius 1 is 1.56 bits per heavy atom. The first-order valence-electron chi connectivity index (χ1n) is 4.61. The Bertz CT molecular complexity index is 411. The average Bonchev–Trinajstić information content (AvgIpc) is 2.46. The molecule has 0 spiro atoms. The highest BCUT2D eigenvalue weighted by Crippen LogP contribution is 2.13. The van der Waals surface area contributed by atoms with Gasteiger partial charge < -0.3 is 15.3 Å². The largest absolute Gasteiger partial charge is 0.477 e. The highest BCUT2D eigenvalue weighted by Gasteiger charge is 2.17. The van der Waals surface area contributed by atoms with Crippen molar-refractivity contribution in [2.45, 2.75) is 0 Å². The summed E-state index contributed by atoms with van der Waals surface area (Å²) in [5.74, 6) is -1.20. The van der Waals surface area contributed by atoms with Crippen LogP contribution in [-0.4, -0.2) is 52.3 Å². The SMILES string of the molecule is CN(C)CC(=O)Nc1c(C(=O)O)cnn1C. The third kappa shape index (κ3) is 2.80. The molecule has 1 aromatic heterocycles. The van der Waals surface area contributed by atoms with Crippen molar-refractivity contribution in [3.63, 3.8) is 0 Å². The number of nitrogens with one attached hydrogen (secondary N) is 1. The van der Waals surface area contributed by atoms with E-state index in [0.717, 1.165) is 0 Å². The molecule has 0 unspecified atom stereocenters. The van der Waals surface area contributed by atoms with Crippen molar-refractivity contribution >= 4 is 17.7 Å². The maximum absolute atomic E-state index is 11.5. The van der Waals surface area contributed by atoms with Gasteiger partial charge in [0.25, 0.3) is 0 Å². The lowest BCUT2D eigenvalue weighted by Gasteiger charge is -2.10. The van der Waals surface area contributed by atoms with Gasteiger partial charge in [-0.05, 0) is 14.1 Å². The zero-order chi connectivity index (χ0) is 12.3. The molecule has 0 atom stereocenters. The van der Waals surface area contributed by atoms with Gasteiger partial charge in [-0.2, -0.15) is 5.10 Å². The molecule has 88 valence electrons. The van der Waals surface area contributed by atoms with Crippen molar-refractivity contribution < 1.29 is 14.7 Å². The summed E-state index contributed by atoms with van der Waals surface area (Å²) in [4.78, 5) is 24.0. The summed E-state index contributed by atoms with van der Waals surface area (Å²) in [6.45, 7) is 0.185. The number of anilines is 1. The number of aromatic carboxylic acids is 1. The molecule has 0 aromatic carbocycles. The van der Waals surface area contributed by atoms with Crippen LogP contribution in [0.5, 0.6) is 0 Å². The fourth-order valence-corrected chi connectivity index (χ4v) is 1.20. The van der Waals surface area contributed by atoms with E-state index < -0.39 is 5.97 Å². The summed E-state index contributed by atoms with van der Waals surface area (Å²) in [6, 6.07) is 0. The summed E-state index contributed by atoms with van der Waals surface area (Å²) in [5.41, 5.74) is -0.0189. The molecule has 1 amide bonds. The lowest BCUT2D eigenvalue weighted by Crippen LogP contribution is -2.28. The van der Waals surface area contributed by atoms with Gasteiger partial charge in [-0.25, -0.2) is 4.79 Å². The van der Waals surface area contributed by atoms with Crippen molar-refractivity contribution in [2.24, 2.45) is 7.05 Å². The van der Waals surface area contributed by atoms with Gasteiger partial charge in [0.1, 0.15) is 11.4 Å². The molecule has 16 heavy (non-hydrogen) atoms. The minimum atomic E-state index is -1.12. The third-order valence-corrected chi connectivity index (χ3v) is 1.89. The number of nitrogens with zero attached hydrogens (tertiary/aromatic N) is 3. The number of hydrogen-bond acceptors (Lipinski definition) is 4. The number of likely N-dealkylation sites (N-methyl/N-ethyl adjacent to an activating group) is 1. The van der Waals surface area contributed by atoms with E-state index in [9.17, 15) is 9.59 Å². The van der Waals surface area contributed by atoms with Crippen molar-refractivity contribution in [3.05, 3.63) is 11.8 Å². The van der Waals surface area contributed by atoms with Crippen LogP contribution >= 0.6 is 0 Å². The van der Waals surface area contributed by atoms with Crippen LogP contribution in [0.4, 0.5) is 5.82 Å². The van der Waals surface area contributed by atoms with E-state index in [0.29, 0.717) is 0 Å². The van der Waals surface area contributed by atoms with E-state index in [1.807, 2.05) is 0 Å². The number of carboxylic acids is 1. The van der Waals surface area contributed by atoms with Gasteiger partial charge in [0.15, 0.2) is 0 Å². The fourth-order valence-electron chi connectivity index (χ4n) is 1.20. The van der Waals surface area contributed by atoms with Crippen LogP contribution in [0.25, 0.3) is 0 Å². The normalized spacial score (nSPS) is 10.5. The number of aryl methyl sites for hydroxylation is 1. The molecule has 0 aliphatic rings. The molecule has 0 bridgehead atoms. The second kappa shape index (κ2) is 4.75. The predicted octanol–water partition coefficient (Wildman–Crippen LogP) is -0.382. The first-order chi connectivity index (χ1) is 7.41. The molecule has 0 fully saturated rings. The molecule has 7 nitrogen and oxygen atoms in total.